The maximum absolute atomic E-state index is 11.5. The molecule has 122 valence electrons. The van der Waals surface area contributed by atoms with Gasteiger partial charge in [-0.1, -0.05) is 23.7 Å². The first-order valence-electron chi connectivity index (χ1n) is 7.13. The van der Waals surface area contributed by atoms with Gasteiger partial charge in [-0.3, -0.25) is 0 Å². The molecule has 24 heavy (non-hydrogen) atoms. The van der Waals surface area contributed by atoms with Crippen LogP contribution in [-0.2, 0) is 6.61 Å². The van der Waals surface area contributed by atoms with Crippen molar-refractivity contribution in [3.05, 3.63) is 74.6 Å². The lowest BCUT2D eigenvalue weighted by Gasteiger charge is -2.10. The average Bonchev–Trinajstić information content (AvgIpc) is 2.54. The maximum atomic E-state index is 11.5. The second-order valence-corrected chi connectivity index (χ2v) is 5.73. The molecule has 2 aromatic carbocycles. The number of carboxylic acid groups (broad SMARTS) is 1. The highest BCUT2D eigenvalue weighted by atomic mass is 35.5. The first-order valence-corrected chi connectivity index (χ1v) is 7.51. The van der Waals surface area contributed by atoms with Crippen LogP contribution in [0, 0.1) is 6.92 Å². The van der Waals surface area contributed by atoms with Crippen molar-refractivity contribution in [2.45, 2.75) is 13.5 Å². The smallest absolute Gasteiger partial charge is 0.336 e. The third-order valence-electron chi connectivity index (χ3n) is 3.57. The van der Waals surface area contributed by atoms with Crippen LogP contribution in [0.5, 0.6) is 5.75 Å². The standard InChI is InChI=1S/C18H13ClO5/c1-10-5-17(20)24-15-8-16(14(19)7-13(10)15)23-9-11-3-2-4-12(6-11)18(21)22/h2-8H,9H2,1H3,(H,21,22). The summed E-state index contributed by atoms with van der Waals surface area (Å²) in [5.41, 5.74) is 1.59. The van der Waals surface area contributed by atoms with Crippen LogP contribution in [0.25, 0.3) is 11.0 Å². The Labute approximate surface area is 142 Å². The molecule has 0 unspecified atom stereocenters. The van der Waals surface area contributed by atoms with Gasteiger partial charge in [-0.25, -0.2) is 9.59 Å². The zero-order chi connectivity index (χ0) is 17.3. The highest BCUT2D eigenvalue weighted by Gasteiger charge is 2.10. The number of hydrogen-bond donors (Lipinski definition) is 1. The highest BCUT2D eigenvalue weighted by Crippen LogP contribution is 2.31. The molecule has 0 aliphatic rings. The number of rotatable bonds is 4. The summed E-state index contributed by atoms with van der Waals surface area (Å²) in [4.78, 5) is 22.5. The van der Waals surface area contributed by atoms with Crippen molar-refractivity contribution in [3.8, 4) is 5.75 Å². The molecule has 0 saturated carbocycles. The van der Waals surface area contributed by atoms with E-state index in [1.165, 1.54) is 18.2 Å². The van der Waals surface area contributed by atoms with Gasteiger partial charge in [0.1, 0.15) is 17.9 Å². The van der Waals surface area contributed by atoms with Gasteiger partial charge >= 0.3 is 11.6 Å². The molecular formula is C18H13ClO5. The molecule has 0 bridgehead atoms. The van der Waals surface area contributed by atoms with Crippen molar-refractivity contribution in [1.29, 1.82) is 0 Å². The zero-order valence-corrected chi connectivity index (χ0v) is 13.5. The molecule has 0 atom stereocenters. The monoisotopic (exact) mass is 344 g/mol. The third-order valence-corrected chi connectivity index (χ3v) is 3.87. The lowest BCUT2D eigenvalue weighted by molar-refractivity contribution is 0.0696. The number of benzene rings is 2. The Balaban J connectivity index is 1.90. The summed E-state index contributed by atoms with van der Waals surface area (Å²) >= 11 is 6.22. The van der Waals surface area contributed by atoms with Crippen LogP contribution >= 0.6 is 11.6 Å². The van der Waals surface area contributed by atoms with Crippen molar-refractivity contribution >= 4 is 28.5 Å². The van der Waals surface area contributed by atoms with Gasteiger partial charge in [0.2, 0.25) is 0 Å². The summed E-state index contributed by atoms with van der Waals surface area (Å²) in [7, 11) is 0. The Morgan fingerprint density at radius 3 is 2.79 bits per heavy atom. The Kier molecular flexibility index (Phi) is 4.27. The van der Waals surface area contributed by atoms with Gasteiger partial charge in [0, 0.05) is 17.5 Å². The van der Waals surface area contributed by atoms with Gasteiger partial charge in [0.25, 0.3) is 0 Å². The molecular weight excluding hydrogens is 332 g/mol. The first-order chi connectivity index (χ1) is 11.4. The van der Waals surface area contributed by atoms with E-state index in [9.17, 15) is 9.59 Å². The third kappa shape index (κ3) is 3.26. The average molecular weight is 345 g/mol. The van der Waals surface area contributed by atoms with E-state index in [4.69, 9.17) is 25.9 Å². The molecule has 0 aliphatic carbocycles. The fourth-order valence-electron chi connectivity index (χ4n) is 2.39. The van der Waals surface area contributed by atoms with Gasteiger partial charge in [0.15, 0.2) is 0 Å². The topological polar surface area (TPSA) is 76.7 Å². The second kappa shape index (κ2) is 6.37. The predicted molar refractivity (Wildman–Crippen MR) is 90.0 cm³/mol. The van der Waals surface area contributed by atoms with Gasteiger partial charge < -0.3 is 14.3 Å². The Hall–Kier alpha value is -2.79. The number of ether oxygens (including phenoxy) is 1. The van der Waals surface area contributed by atoms with Crippen LogP contribution in [0.3, 0.4) is 0 Å². The molecule has 5 nitrogen and oxygen atoms in total. The van der Waals surface area contributed by atoms with Gasteiger partial charge in [-0.15, -0.1) is 0 Å². The molecule has 1 heterocycles. The summed E-state index contributed by atoms with van der Waals surface area (Å²) in [6.45, 7) is 1.94. The number of halogens is 1. The summed E-state index contributed by atoms with van der Waals surface area (Å²) in [6, 6.07) is 11.1. The normalized spacial score (nSPS) is 10.8. The minimum absolute atomic E-state index is 0.141. The molecule has 0 radical (unpaired) electrons. The molecule has 0 aliphatic heterocycles. The Morgan fingerprint density at radius 2 is 2.04 bits per heavy atom. The largest absolute Gasteiger partial charge is 0.487 e. The van der Waals surface area contributed by atoms with Crippen LogP contribution in [0.1, 0.15) is 21.5 Å². The lowest BCUT2D eigenvalue weighted by Crippen LogP contribution is -2.01. The SMILES string of the molecule is Cc1cc(=O)oc2cc(OCc3cccc(C(=O)O)c3)c(Cl)cc12. The molecule has 3 aromatic rings. The summed E-state index contributed by atoms with van der Waals surface area (Å²) in [5, 5.41) is 10.1. The van der Waals surface area contributed by atoms with Gasteiger partial charge in [0.05, 0.1) is 10.6 Å². The van der Waals surface area contributed by atoms with Gasteiger partial charge in [-0.05, 0) is 36.2 Å². The molecule has 0 fully saturated rings. The predicted octanol–water partition coefficient (Wildman–Crippen LogP) is 4.03. The number of carbonyl (C=O) groups is 1. The quantitative estimate of drug-likeness (QED) is 0.723. The lowest BCUT2D eigenvalue weighted by atomic mass is 10.1. The van der Waals surface area contributed by atoms with E-state index in [0.29, 0.717) is 21.9 Å². The van der Waals surface area contributed by atoms with E-state index in [0.717, 1.165) is 10.9 Å². The summed E-state index contributed by atoms with van der Waals surface area (Å²) < 4.78 is 10.8. The first kappa shape index (κ1) is 16.1. The van der Waals surface area contributed by atoms with Crippen molar-refractivity contribution in [3.63, 3.8) is 0 Å². The van der Waals surface area contributed by atoms with Crippen molar-refractivity contribution in [1.82, 2.24) is 0 Å². The number of hydrogen-bond acceptors (Lipinski definition) is 4. The van der Waals surface area contributed by atoms with Gasteiger partial charge in [-0.2, -0.15) is 0 Å². The zero-order valence-electron chi connectivity index (χ0n) is 12.7. The second-order valence-electron chi connectivity index (χ2n) is 5.32. The molecule has 0 spiro atoms. The van der Waals surface area contributed by atoms with Crippen molar-refractivity contribution in [2.75, 3.05) is 0 Å². The minimum atomic E-state index is -1.00. The summed E-state index contributed by atoms with van der Waals surface area (Å²) in [6.07, 6.45) is 0. The van der Waals surface area contributed by atoms with E-state index in [1.54, 1.807) is 31.2 Å². The number of aromatic carboxylic acids is 1. The van der Waals surface area contributed by atoms with Crippen LogP contribution in [0.4, 0.5) is 0 Å². The van der Waals surface area contributed by atoms with E-state index >= 15 is 0 Å². The molecule has 6 heteroatoms. The minimum Gasteiger partial charge on any atom is -0.487 e. The maximum Gasteiger partial charge on any atom is 0.336 e. The van der Waals surface area contributed by atoms with E-state index < -0.39 is 11.6 Å². The van der Waals surface area contributed by atoms with E-state index in [1.807, 2.05) is 0 Å². The number of fused-ring (bicyclic) bond motifs is 1. The van der Waals surface area contributed by atoms with Crippen molar-refractivity contribution in [2.24, 2.45) is 0 Å². The Morgan fingerprint density at radius 1 is 1.25 bits per heavy atom. The van der Waals surface area contributed by atoms with Crippen LogP contribution in [0.2, 0.25) is 5.02 Å². The molecule has 1 N–H and O–H groups in total. The van der Waals surface area contributed by atoms with Crippen LogP contribution in [0.15, 0.2) is 51.7 Å². The van der Waals surface area contributed by atoms with E-state index in [2.05, 4.69) is 0 Å². The molecule has 0 amide bonds. The molecule has 1 aromatic heterocycles. The van der Waals surface area contributed by atoms with Crippen LogP contribution in [-0.4, -0.2) is 11.1 Å². The molecule has 0 saturated heterocycles. The highest BCUT2D eigenvalue weighted by molar-refractivity contribution is 6.32. The Bertz CT molecular complexity index is 990. The number of carboxylic acids is 1. The number of aryl methyl sites for hydroxylation is 1. The van der Waals surface area contributed by atoms with Crippen molar-refractivity contribution < 1.29 is 19.1 Å². The summed E-state index contributed by atoms with van der Waals surface area (Å²) in [5.74, 6) is -0.642. The fourth-order valence-corrected chi connectivity index (χ4v) is 2.60. The van der Waals surface area contributed by atoms with E-state index in [-0.39, 0.29) is 12.2 Å². The fraction of sp³-hybridized carbons (Fsp3) is 0.111. The van der Waals surface area contributed by atoms with Crippen LogP contribution < -0.4 is 10.4 Å². The molecule has 3 rings (SSSR count).